The van der Waals surface area contributed by atoms with Crippen molar-refractivity contribution in [1.29, 1.82) is 0 Å². The molecular weight excluding hydrogens is 369 g/mol. The molecule has 3 rings (SSSR count). The van der Waals surface area contributed by atoms with Crippen molar-refractivity contribution in [3.63, 3.8) is 0 Å². The summed E-state index contributed by atoms with van der Waals surface area (Å²) in [6.07, 6.45) is -4.42. The van der Waals surface area contributed by atoms with E-state index in [2.05, 4.69) is 10.1 Å². The molecule has 0 bridgehead atoms. The molecule has 3 aromatic rings. The van der Waals surface area contributed by atoms with Crippen molar-refractivity contribution in [2.24, 2.45) is 0 Å². The van der Waals surface area contributed by atoms with Crippen molar-refractivity contribution in [2.75, 3.05) is 7.05 Å². The van der Waals surface area contributed by atoms with E-state index in [0.717, 1.165) is 18.2 Å². The van der Waals surface area contributed by atoms with Gasteiger partial charge in [0.1, 0.15) is 11.6 Å². The molecule has 142 valence electrons. The second-order valence-corrected chi connectivity index (χ2v) is 5.99. The fraction of sp³-hybridized carbons (Fsp3) is 0.222. The average Bonchev–Trinajstić information content (AvgIpc) is 3.05. The van der Waals surface area contributed by atoms with Crippen molar-refractivity contribution in [3.8, 4) is 11.4 Å². The minimum absolute atomic E-state index is 0.153. The number of halogens is 5. The molecule has 9 heteroatoms. The summed E-state index contributed by atoms with van der Waals surface area (Å²) in [5.41, 5.74) is -0.0809. The molecule has 0 N–H and O–H groups in total. The van der Waals surface area contributed by atoms with Crippen LogP contribution in [0.3, 0.4) is 0 Å². The first-order chi connectivity index (χ1) is 12.7. The van der Waals surface area contributed by atoms with E-state index in [-0.39, 0.29) is 24.8 Å². The summed E-state index contributed by atoms with van der Waals surface area (Å²) in [6, 6.07) is 7.72. The highest BCUT2D eigenvalue weighted by Gasteiger charge is 2.30. The largest absolute Gasteiger partial charge is 0.416 e. The van der Waals surface area contributed by atoms with Gasteiger partial charge in [-0.15, -0.1) is 0 Å². The molecule has 0 fully saturated rings. The third-order valence-electron chi connectivity index (χ3n) is 3.80. The number of hydrogen-bond donors (Lipinski definition) is 0. The van der Waals surface area contributed by atoms with Crippen molar-refractivity contribution >= 4 is 0 Å². The Bertz CT molecular complexity index is 921. The van der Waals surface area contributed by atoms with Gasteiger partial charge in [0.2, 0.25) is 11.7 Å². The van der Waals surface area contributed by atoms with Gasteiger partial charge in [-0.05, 0) is 25.2 Å². The maximum absolute atomic E-state index is 13.7. The summed E-state index contributed by atoms with van der Waals surface area (Å²) in [5.74, 6) is -0.940. The molecule has 0 spiro atoms. The predicted octanol–water partition coefficient (Wildman–Crippen LogP) is 4.67. The quantitative estimate of drug-likeness (QED) is 0.601. The first-order valence-electron chi connectivity index (χ1n) is 7.85. The molecule has 27 heavy (non-hydrogen) atoms. The molecule has 0 saturated heterocycles. The van der Waals surface area contributed by atoms with Crippen LogP contribution in [0.25, 0.3) is 11.4 Å². The van der Waals surface area contributed by atoms with Crippen LogP contribution in [0.15, 0.2) is 47.0 Å². The van der Waals surface area contributed by atoms with Crippen LogP contribution in [0.2, 0.25) is 0 Å². The van der Waals surface area contributed by atoms with E-state index >= 15 is 0 Å². The zero-order valence-corrected chi connectivity index (χ0v) is 14.1. The van der Waals surface area contributed by atoms with Gasteiger partial charge in [-0.25, -0.2) is 8.78 Å². The fourth-order valence-electron chi connectivity index (χ4n) is 2.47. The van der Waals surface area contributed by atoms with Crippen LogP contribution in [0, 0.1) is 11.6 Å². The Labute approximate surface area is 151 Å². The van der Waals surface area contributed by atoms with Crippen molar-refractivity contribution in [1.82, 2.24) is 15.0 Å². The lowest BCUT2D eigenvalue weighted by Crippen LogP contribution is -2.18. The molecule has 1 heterocycles. The second-order valence-electron chi connectivity index (χ2n) is 5.99. The number of nitrogens with zero attached hydrogens (tertiary/aromatic N) is 3. The van der Waals surface area contributed by atoms with Gasteiger partial charge < -0.3 is 4.52 Å². The van der Waals surface area contributed by atoms with Gasteiger partial charge in [0, 0.05) is 23.7 Å². The smallest absolute Gasteiger partial charge is 0.338 e. The maximum Gasteiger partial charge on any atom is 0.416 e. The number of rotatable bonds is 5. The molecule has 2 aromatic carbocycles. The van der Waals surface area contributed by atoms with E-state index in [1.165, 1.54) is 24.3 Å². The average molecular weight is 383 g/mol. The van der Waals surface area contributed by atoms with Crippen LogP contribution in [0.4, 0.5) is 22.0 Å². The van der Waals surface area contributed by atoms with Crippen LogP contribution >= 0.6 is 0 Å². The fourth-order valence-corrected chi connectivity index (χ4v) is 2.47. The maximum atomic E-state index is 13.7. The lowest BCUT2D eigenvalue weighted by Gasteiger charge is -2.14. The summed E-state index contributed by atoms with van der Waals surface area (Å²) in [4.78, 5) is 5.82. The highest BCUT2D eigenvalue weighted by molar-refractivity contribution is 5.54. The molecule has 0 aliphatic rings. The summed E-state index contributed by atoms with van der Waals surface area (Å²) in [6.45, 7) is 0.370. The van der Waals surface area contributed by atoms with Crippen LogP contribution in [0.1, 0.15) is 17.0 Å². The van der Waals surface area contributed by atoms with Crippen molar-refractivity contribution < 1.29 is 26.5 Å². The van der Waals surface area contributed by atoms with Crippen LogP contribution < -0.4 is 0 Å². The Morgan fingerprint density at radius 1 is 1.00 bits per heavy atom. The molecule has 0 aliphatic carbocycles. The van der Waals surface area contributed by atoms with Gasteiger partial charge in [0.05, 0.1) is 12.1 Å². The highest BCUT2D eigenvalue weighted by atomic mass is 19.4. The number of alkyl halides is 3. The van der Waals surface area contributed by atoms with Crippen molar-refractivity contribution in [3.05, 3.63) is 71.1 Å². The van der Waals surface area contributed by atoms with Gasteiger partial charge in [-0.1, -0.05) is 23.4 Å². The summed E-state index contributed by atoms with van der Waals surface area (Å²) in [7, 11) is 1.69. The summed E-state index contributed by atoms with van der Waals surface area (Å²) >= 11 is 0. The first-order valence-corrected chi connectivity index (χ1v) is 7.85. The van der Waals surface area contributed by atoms with E-state index in [1.54, 1.807) is 11.9 Å². The Balaban J connectivity index is 1.67. The molecule has 0 radical (unpaired) electrons. The Hall–Kier alpha value is -2.81. The van der Waals surface area contributed by atoms with Gasteiger partial charge in [-0.3, -0.25) is 4.90 Å². The monoisotopic (exact) mass is 383 g/mol. The summed E-state index contributed by atoms with van der Waals surface area (Å²) < 4.78 is 69.5. The number of hydrogen-bond acceptors (Lipinski definition) is 4. The third-order valence-corrected chi connectivity index (χ3v) is 3.80. The third kappa shape index (κ3) is 4.68. The Morgan fingerprint density at radius 2 is 1.70 bits per heavy atom. The lowest BCUT2D eigenvalue weighted by molar-refractivity contribution is -0.137. The SMILES string of the molecule is CN(Cc1nc(-c2ccc(C(F)(F)F)cc2)no1)Cc1ccc(F)cc1F. The molecule has 4 nitrogen and oxygen atoms in total. The zero-order valence-electron chi connectivity index (χ0n) is 14.1. The highest BCUT2D eigenvalue weighted by Crippen LogP contribution is 2.30. The molecule has 0 aliphatic heterocycles. The minimum Gasteiger partial charge on any atom is -0.338 e. The predicted molar refractivity (Wildman–Crippen MR) is 86.3 cm³/mol. The molecule has 0 saturated carbocycles. The molecular formula is C18H14F5N3O. The van der Waals surface area contributed by atoms with Gasteiger partial charge in [0.25, 0.3) is 0 Å². The molecule has 0 amide bonds. The summed E-state index contributed by atoms with van der Waals surface area (Å²) in [5, 5.41) is 3.75. The van der Waals surface area contributed by atoms with Gasteiger partial charge in [0.15, 0.2) is 0 Å². The number of benzene rings is 2. The zero-order chi connectivity index (χ0) is 19.6. The van der Waals surface area contributed by atoms with Crippen LogP contribution in [-0.2, 0) is 19.3 Å². The van der Waals surface area contributed by atoms with E-state index in [1.807, 2.05) is 0 Å². The number of aromatic nitrogens is 2. The first kappa shape index (κ1) is 19.0. The lowest BCUT2D eigenvalue weighted by atomic mass is 10.1. The van der Waals surface area contributed by atoms with Crippen molar-refractivity contribution in [2.45, 2.75) is 19.3 Å². The molecule has 1 aromatic heterocycles. The second kappa shape index (κ2) is 7.43. The van der Waals surface area contributed by atoms with Gasteiger partial charge in [-0.2, -0.15) is 18.2 Å². The van der Waals surface area contributed by atoms with E-state index < -0.39 is 23.4 Å². The van der Waals surface area contributed by atoms with Crippen LogP contribution in [-0.4, -0.2) is 22.1 Å². The molecule has 0 atom stereocenters. The van der Waals surface area contributed by atoms with E-state index in [4.69, 9.17) is 4.52 Å². The normalized spacial score (nSPS) is 12.0. The van der Waals surface area contributed by atoms with Gasteiger partial charge >= 0.3 is 6.18 Å². The van der Waals surface area contributed by atoms with E-state index in [9.17, 15) is 22.0 Å². The Kier molecular flexibility index (Phi) is 5.22. The topological polar surface area (TPSA) is 42.2 Å². The Morgan fingerprint density at radius 3 is 2.33 bits per heavy atom. The standard InChI is InChI=1S/C18H14F5N3O/c1-26(9-12-4-7-14(19)8-15(12)20)10-16-24-17(25-27-16)11-2-5-13(6-3-11)18(21,22)23/h2-8H,9-10H2,1H3. The molecule has 0 unspecified atom stereocenters. The van der Waals surface area contributed by atoms with Crippen LogP contribution in [0.5, 0.6) is 0 Å². The van der Waals surface area contributed by atoms with E-state index in [0.29, 0.717) is 11.1 Å². The minimum atomic E-state index is -4.42.